The first-order chi connectivity index (χ1) is 31.2. The first-order valence-electron chi connectivity index (χ1n) is 22.4. The van der Waals surface area contributed by atoms with Gasteiger partial charge in [-0.3, -0.25) is 4.79 Å². The number of rotatable bonds is 3. The van der Waals surface area contributed by atoms with E-state index in [4.69, 9.17) is 30.4 Å². The van der Waals surface area contributed by atoms with Crippen LogP contribution in [0.15, 0.2) is 85.1 Å². The average molecular weight is 939 g/mol. The molecule has 2 amide bonds. The van der Waals surface area contributed by atoms with Crippen LogP contribution in [0.25, 0.3) is 0 Å². The Morgan fingerprint density at radius 1 is 0.697 bits per heavy atom. The largest absolute Gasteiger partial charge is 0.462 e. The van der Waals surface area contributed by atoms with Gasteiger partial charge in [-0.05, 0) is 26.2 Å². The number of hydrogen-bond donors (Lipinski definition) is 14. The highest BCUT2D eigenvalue weighted by Gasteiger charge is 2.49. The second kappa shape index (κ2) is 28.6. The lowest BCUT2D eigenvalue weighted by Crippen LogP contribution is -2.65. The van der Waals surface area contributed by atoms with Gasteiger partial charge in [0.2, 0.25) is 0 Å². The van der Waals surface area contributed by atoms with Gasteiger partial charge in [-0.25, -0.2) is 4.79 Å². The molecule has 2 bridgehead atoms. The predicted octanol–water partition coefficient (Wildman–Crippen LogP) is -1.04. The standard InChI is InChI=1S/C46H74N4O16/c1-27-16-14-12-10-8-6-4-5-7-9-11-13-15-17-32(64-44-42(60)39(47)41(59)43(48)65-44)24-37-40(50-45(61)49-3)36(57)26-46(62,66-37)25-31(53)22-35(56)33(54)19-18-29(51)21-30(52)23-38(58)63-28(2)20-34(27)55/h4-17,27-37,39-44,51-57,59-60,62H,18-26,47-48H2,1-3H3,(H2,49,50,61)/b5-4-,8-6-,9-7-,12-10-,13-11-,16-14-,17-15-/t27-,28-,29+,30+,31-,32-,33+,34?,35+,36-,37-,39?,40?,41?,42?,43?,44?,46?/m0/s1. The van der Waals surface area contributed by atoms with Gasteiger partial charge in [-0.15, -0.1) is 0 Å². The Bertz CT molecular complexity index is 1680. The smallest absolute Gasteiger partial charge is 0.314 e. The van der Waals surface area contributed by atoms with E-state index in [2.05, 4.69) is 10.6 Å². The third kappa shape index (κ3) is 19.9. The van der Waals surface area contributed by atoms with E-state index in [1.165, 1.54) is 7.05 Å². The fraction of sp³-hybridized carbons (Fsp3) is 0.652. The molecule has 0 spiro atoms. The highest BCUT2D eigenvalue weighted by molar-refractivity contribution is 5.74. The lowest BCUT2D eigenvalue weighted by atomic mass is 9.87. The van der Waals surface area contributed by atoms with Crippen LogP contribution >= 0.6 is 0 Å². The zero-order valence-electron chi connectivity index (χ0n) is 37.8. The molecule has 3 heterocycles. The SMILES string of the molecule is CNC(=O)NC1[C@@H]2C[C@@H](OC3OC(N)C(O)C(N)C3O)\C=C/C=C\C=C/C=C\C=C/C=C\C=C/[C@H](C)C(O)C[C@H](C)OC(=O)C[C@H](O)C[C@H](O)CC[C@@H](O)[C@H](O)C[C@H](O)CC(O)(C[C@@H]1O)O2. The van der Waals surface area contributed by atoms with E-state index < -0.39 is 141 Å². The maximum Gasteiger partial charge on any atom is 0.314 e. The highest BCUT2D eigenvalue weighted by Crippen LogP contribution is 2.35. The second-order valence-electron chi connectivity index (χ2n) is 17.3. The fourth-order valence-corrected chi connectivity index (χ4v) is 7.68. The van der Waals surface area contributed by atoms with Crippen LogP contribution in [-0.4, -0.2) is 174 Å². The molecule has 2 saturated heterocycles. The number of esters is 1. The molecule has 0 aromatic heterocycles. The average Bonchev–Trinajstić information content (AvgIpc) is 3.23. The van der Waals surface area contributed by atoms with Crippen molar-refractivity contribution in [2.45, 2.75) is 175 Å². The summed E-state index contributed by atoms with van der Waals surface area (Å²) >= 11 is 0. The number of fused-ring (bicyclic) bond motifs is 2. The fourth-order valence-electron chi connectivity index (χ4n) is 7.68. The molecule has 8 unspecified atom stereocenters. The number of aliphatic hydroxyl groups excluding tert-OH is 9. The molecule has 2 fully saturated rings. The summed E-state index contributed by atoms with van der Waals surface area (Å²) < 4.78 is 23.1. The maximum atomic E-state index is 12.5. The van der Waals surface area contributed by atoms with Crippen molar-refractivity contribution in [1.29, 1.82) is 0 Å². The van der Waals surface area contributed by atoms with Gasteiger partial charge in [-0.2, -0.15) is 0 Å². The number of nitrogens with two attached hydrogens (primary N) is 2. The van der Waals surface area contributed by atoms with Gasteiger partial charge >= 0.3 is 12.0 Å². The molecule has 3 rings (SSSR count). The van der Waals surface area contributed by atoms with Gasteiger partial charge in [0.15, 0.2) is 12.1 Å². The van der Waals surface area contributed by atoms with Crippen molar-refractivity contribution in [1.82, 2.24) is 10.6 Å². The molecule has 374 valence electrons. The van der Waals surface area contributed by atoms with E-state index in [0.29, 0.717) is 0 Å². The molecular weight excluding hydrogens is 865 g/mol. The van der Waals surface area contributed by atoms with E-state index in [0.717, 1.165) is 0 Å². The normalized spacial score (nSPS) is 43.7. The molecule has 16 N–H and O–H groups in total. The van der Waals surface area contributed by atoms with E-state index in [9.17, 15) is 60.7 Å². The Morgan fingerprint density at radius 3 is 1.89 bits per heavy atom. The third-order valence-electron chi connectivity index (χ3n) is 11.4. The first-order valence-corrected chi connectivity index (χ1v) is 22.4. The lowest BCUT2D eigenvalue weighted by Gasteiger charge is -2.46. The monoisotopic (exact) mass is 939 g/mol. The van der Waals surface area contributed by atoms with Crippen molar-refractivity contribution in [3.63, 3.8) is 0 Å². The molecule has 0 aromatic carbocycles. The van der Waals surface area contributed by atoms with Crippen molar-refractivity contribution in [2.75, 3.05) is 7.05 Å². The number of allylic oxidation sites excluding steroid dienone is 12. The van der Waals surface area contributed by atoms with Crippen molar-refractivity contribution in [3.05, 3.63) is 85.1 Å². The summed E-state index contributed by atoms with van der Waals surface area (Å²) in [7, 11) is 1.36. The number of ether oxygens (including phenoxy) is 4. The zero-order chi connectivity index (χ0) is 49.0. The van der Waals surface area contributed by atoms with Crippen LogP contribution in [0, 0.1) is 5.92 Å². The molecule has 0 aromatic rings. The third-order valence-corrected chi connectivity index (χ3v) is 11.4. The summed E-state index contributed by atoms with van der Waals surface area (Å²) in [6.07, 6.45) is 3.99. The molecule has 20 heteroatoms. The van der Waals surface area contributed by atoms with Crippen LogP contribution in [0.1, 0.15) is 71.6 Å². The van der Waals surface area contributed by atoms with Crippen molar-refractivity contribution in [3.8, 4) is 0 Å². The van der Waals surface area contributed by atoms with Gasteiger partial charge in [-0.1, -0.05) is 92.0 Å². The van der Waals surface area contributed by atoms with Gasteiger partial charge < -0.3 is 92.1 Å². The Morgan fingerprint density at radius 2 is 1.29 bits per heavy atom. The van der Waals surface area contributed by atoms with Gasteiger partial charge in [0.25, 0.3) is 0 Å². The number of urea groups is 1. The van der Waals surface area contributed by atoms with Crippen LogP contribution in [0.4, 0.5) is 4.79 Å². The number of aliphatic hydroxyl groups is 10. The molecule has 3 aliphatic rings. The topological polar surface area (TPSA) is 349 Å². The summed E-state index contributed by atoms with van der Waals surface area (Å²) in [6, 6.07) is -3.09. The summed E-state index contributed by atoms with van der Waals surface area (Å²) in [4.78, 5) is 25.0. The van der Waals surface area contributed by atoms with Crippen LogP contribution in [0.5, 0.6) is 0 Å². The number of cyclic esters (lactones) is 1. The van der Waals surface area contributed by atoms with Crippen LogP contribution in [0.3, 0.4) is 0 Å². The van der Waals surface area contributed by atoms with Gasteiger partial charge in [0.1, 0.15) is 24.5 Å². The van der Waals surface area contributed by atoms with Crippen LogP contribution in [0.2, 0.25) is 0 Å². The first kappa shape index (κ1) is 56.6. The minimum Gasteiger partial charge on any atom is -0.462 e. The summed E-state index contributed by atoms with van der Waals surface area (Å²) in [6.45, 7) is 3.45. The Hall–Kier alpha value is -3.68. The second-order valence-corrected chi connectivity index (χ2v) is 17.3. The number of nitrogens with one attached hydrogen (secondary N) is 2. The minimum absolute atomic E-state index is 0.0941. The Kier molecular flexibility index (Phi) is 24.5. The number of carbonyl (C=O) groups is 2. The summed E-state index contributed by atoms with van der Waals surface area (Å²) in [5, 5.41) is 113. The zero-order valence-corrected chi connectivity index (χ0v) is 37.8. The van der Waals surface area contributed by atoms with E-state index in [1.54, 1.807) is 73.8 Å². The van der Waals surface area contributed by atoms with E-state index >= 15 is 0 Å². The number of carbonyl (C=O) groups excluding carboxylic acids is 2. The minimum atomic E-state index is -2.25. The molecular formula is C46H74N4O16. The molecule has 0 radical (unpaired) electrons. The molecule has 3 aliphatic heterocycles. The Labute approximate surface area is 386 Å². The van der Waals surface area contributed by atoms with Crippen molar-refractivity contribution < 1.29 is 79.6 Å². The van der Waals surface area contributed by atoms with E-state index in [-0.39, 0.29) is 38.0 Å². The summed E-state index contributed by atoms with van der Waals surface area (Å²) in [5.74, 6) is -3.23. The van der Waals surface area contributed by atoms with Gasteiger partial charge in [0.05, 0.1) is 73.4 Å². The van der Waals surface area contributed by atoms with E-state index in [1.807, 2.05) is 25.2 Å². The molecule has 66 heavy (non-hydrogen) atoms. The maximum absolute atomic E-state index is 12.5. The molecule has 20 nitrogen and oxygen atoms in total. The van der Waals surface area contributed by atoms with Crippen molar-refractivity contribution in [2.24, 2.45) is 17.4 Å². The lowest BCUT2D eigenvalue weighted by molar-refractivity contribution is -0.303. The molecule has 0 aliphatic carbocycles. The Balaban J connectivity index is 1.88. The van der Waals surface area contributed by atoms with Crippen LogP contribution < -0.4 is 22.1 Å². The van der Waals surface area contributed by atoms with Crippen molar-refractivity contribution >= 4 is 12.0 Å². The summed E-state index contributed by atoms with van der Waals surface area (Å²) in [5.41, 5.74) is 11.9. The number of amides is 2. The molecule has 0 saturated carbocycles. The molecule has 18 atom stereocenters. The van der Waals surface area contributed by atoms with Crippen LogP contribution in [-0.2, 0) is 23.7 Å². The number of hydrogen-bond acceptors (Lipinski definition) is 18. The highest BCUT2D eigenvalue weighted by atomic mass is 16.7. The predicted molar refractivity (Wildman–Crippen MR) is 241 cm³/mol. The quantitative estimate of drug-likeness (QED) is 0.150. The van der Waals surface area contributed by atoms with Gasteiger partial charge in [0, 0.05) is 45.1 Å².